The van der Waals surface area contributed by atoms with E-state index in [1.807, 2.05) is 13.8 Å². The van der Waals surface area contributed by atoms with E-state index in [0.29, 0.717) is 37.4 Å². The van der Waals surface area contributed by atoms with E-state index in [0.717, 1.165) is 6.42 Å². The standard InChI is InChI=1S/C29H39N3O6/c1-6-15-30(16-7-2)25(34)22-23-26(35)32(18-19-33)24(29(23)14-13-28(22,4)38-29)27(36)31(17-8-3)20-9-11-21(37-5)12-10-20/h6,8-12,22-24,33H,1,3,7,13-19H2,2,4-5H3/t22-,23-,24?,28+,29?/m0/s1. The summed E-state index contributed by atoms with van der Waals surface area (Å²) in [6.45, 7) is 12.3. The maximum Gasteiger partial charge on any atom is 0.253 e. The second-order valence-electron chi connectivity index (χ2n) is 10.5. The van der Waals surface area contributed by atoms with E-state index in [4.69, 9.17) is 9.47 Å². The summed E-state index contributed by atoms with van der Waals surface area (Å²) in [5.74, 6) is -1.66. The third-order valence-electron chi connectivity index (χ3n) is 8.23. The van der Waals surface area contributed by atoms with Crippen molar-refractivity contribution < 1.29 is 29.0 Å². The zero-order chi connectivity index (χ0) is 27.7. The molecule has 2 unspecified atom stereocenters. The van der Waals surface area contributed by atoms with Crippen LogP contribution in [0.3, 0.4) is 0 Å². The number of carbonyl (C=O) groups excluding carboxylic acids is 3. The third-order valence-corrected chi connectivity index (χ3v) is 8.23. The van der Waals surface area contributed by atoms with Crippen molar-refractivity contribution in [2.24, 2.45) is 11.8 Å². The summed E-state index contributed by atoms with van der Waals surface area (Å²) in [6.07, 6.45) is 5.11. The monoisotopic (exact) mass is 525 g/mol. The SMILES string of the molecule is C=CCN(CCC)C(=O)[C@@H]1[C@H]2C(=O)N(CCO)C(C(=O)N(CC=C)c3ccc(OC)cc3)C23CC[C@@]1(C)O3. The number of ether oxygens (including phenoxy) is 2. The Morgan fingerprint density at radius 3 is 2.45 bits per heavy atom. The molecule has 3 fully saturated rings. The number of amides is 3. The van der Waals surface area contributed by atoms with Gasteiger partial charge in [0.1, 0.15) is 17.4 Å². The largest absolute Gasteiger partial charge is 0.497 e. The topological polar surface area (TPSA) is 99.6 Å². The molecule has 0 aliphatic carbocycles. The van der Waals surface area contributed by atoms with Crippen LogP contribution in [0.1, 0.15) is 33.1 Å². The predicted octanol–water partition coefficient (Wildman–Crippen LogP) is 2.40. The number of hydrogen-bond acceptors (Lipinski definition) is 6. The molecule has 3 amide bonds. The average molecular weight is 526 g/mol. The number of aliphatic hydroxyl groups excluding tert-OH is 1. The molecule has 2 bridgehead atoms. The Morgan fingerprint density at radius 1 is 1.18 bits per heavy atom. The van der Waals surface area contributed by atoms with Gasteiger partial charge in [-0.2, -0.15) is 0 Å². The van der Waals surface area contributed by atoms with Gasteiger partial charge in [-0.25, -0.2) is 0 Å². The highest BCUT2D eigenvalue weighted by atomic mass is 16.5. The summed E-state index contributed by atoms with van der Waals surface area (Å²) in [6, 6.07) is 6.11. The molecule has 1 aromatic carbocycles. The zero-order valence-electron chi connectivity index (χ0n) is 22.6. The number of rotatable bonds is 12. The van der Waals surface area contributed by atoms with Crippen molar-refractivity contribution in [3.05, 3.63) is 49.6 Å². The fourth-order valence-corrected chi connectivity index (χ4v) is 6.70. The van der Waals surface area contributed by atoms with Crippen LogP contribution >= 0.6 is 0 Å². The Hall–Kier alpha value is -3.17. The fourth-order valence-electron chi connectivity index (χ4n) is 6.70. The van der Waals surface area contributed by atoms with Crippen LogP contribution in [0, 0.1) is 11.8 Å². The van der Waals surface area contributed by atoms with Crippen LogP contribution in [0.4, 0.5) is 5.69 Å². The molecule has 1 aromatic rings. The first-order valence-electron chi connectivity index (χ1n) is 13.3. The molecular formula is C29H39N3O6. The molecule has 3 heterocycles. The molecule has 0 radical (unpaired) electrons. The van der Waals surface area contributed by atoms with Gasteiger partial charge >= 0.3 is 0 Å². The van der Waals surface area contributed by atoms with E-state index < -0.39 is 29.1 Å². The second-order valence-corrected chi connectivity index (χ2v) is 10.5. The van der Waals surface area contributed by atoms with Gasteiger partial charge in [0.15, 0.2) is 0 Å². The van der Waals surface area contributed by atoms with E-state index in [1.165, 1.54) is 4.90 Å². The lowest BCUT2D eigenvalue weighted by molar-refractivity contribution is -0.149. The van der Waals surface area contributed by atoms with Gasteiger partial charge < -0.3 is 29.3 Å². The van der Waals surface area contributed by atoms with Crippen LogP contribution in [0.15, 0.2) is 49.6 Å². The maximum absolute atomic E-state index is 14.3. The Kier molecular flexibility index (Phi) is 7.99. The summed E-state index contributed by atoms with van der Waals surface area (Å²) in [5, 5.41) is 9.87. The van der Waals surface area contributed by atoms with Crippen molar-refractivity contribution in [3.8, 4) is 5.75 Å². The fraction of sp³-hybridized carbons (Fsp3) is 0.552. The van der Waals surface area contributed by atoms with E-state index in [2.05, 4.69) is 13.2 Å². The Labute approximate surface area is 224 Å². The minimum atomic E-state index is -1.16. The van der Waals surface area contributed by atoms with Gasteiger partial charge in [-0.05, 0) is 50.5 Å². The van der Waals surface area contributed by atoms with Crippen molar-refractivity contribution in [2.75, 3.05) is 44.8 Å². The van der Waals surface area contributed by atoms with Gasteiger partial charge in [0.2, 0.25) is 11.8 Å². The van der Waals surface area contributed by atoms with Crippen molar-refractivity contribution >= 4 is 23.4 Å². The minimum absolute atomic E-state index is 0.0235. The molecule has 3 saturated heterocycles. The molecule has 1 N–H and O–H groups in total. The molecule has 3 aliphatic rings. The smallest absolute Gasteiger partial charge is 0.253 e. The summed E-state index contributed by atoms with van der Waals surface area (Å²) >= 11 is 0. The number of benzene rings is 1. The van der Waals surface area contributed by atoms with E-state index in [1.54, 1.807) is 53.3 Å². The number of nitrogens with zero attached hydrogens (tertiary/aromatic N) is 3. The molecule has 206 valence electrons. The van der Waals surface area contributed by atoms with Gasteiger partial charge in [-0.3, -0.25) is 14.4 Å². The third kappa shape index (κ3) is 4.31. The van der Waals surface area contributed by atoms with Gasteiger partial charge in [-0.1, -0.05) is 19.1 Å². The van der Waals surface area contributed by atoms with E-state index >= 15 is 0 Å². The van der Waals surface area contributed by atoms with Crippen molar-refractivity contribution in [1.82, 2.24) is 9.80 Å². The highest BCUT2D eigenvalue weighted by Gasteiger charge is 2.78. The van der Waals surface area contributed by atoms with Crippen LogP contribution in [0.25, 0.3) is 0 Å². The van der Waals surface area contributed by atoms with Gasteiger partial charge in [0.25, 0.3) is 5.91 Å². The molecule has 4 rings (SSSR count). The lowest BCUT2D eigenvalue weighted by atomic mass is 9.66. The lowest BCUT2D eigenvalue weighted by Gasteiger charge is -2.36. The summed E-state index contributed by atoms with van der Waals surface area (Å²) < 4.78 is 11.9. The first kappa shape index (κ1) is 27.9. The minimum Gasteiger partial charge on any atom is -0.497 e. The quantitative estimate of drug-likeness (QED) is 0.421. The molecule has 38 heavy (non-hydrogen) atoms. The summed E-state index contributed by atoms with van der Waals surface area (Å²) in [7, 11) is 1.57. The number of aliphatic hydroxyl groups is 1. The number of β-amino-alcohol motifs (C(OH)–C–C–N with tert-alkyl or cyclic N) is 1. The highest BCUT2D eigenvalue weighted by Crippen LogP contribution is 2.63. The molecular weight excluding hydrogens is 486 g/mol. The van der Waals surface area contributed by atoms with Crippen molar-refractivity contribution in [2.45, 2.75) is 50.4 Å². The van der Waals surface area contributed by atoms with Gasteiger partial charge in [0, 0.05) is 31.9 Å². The molecule has 3 aliphatic heterocycles. The van der Waals surface area contributed by atoms with Crippen molar-refractivity contribution in [1.29, 1.82) is 0 Å². The van der Waals surface area contributed by atoms with Gasteiger partial charge in [0.05, 0.1) is 31.2 Å². The number of hydrogen-bond donors (Lipinski definition) is 1. The van der Waals surface area contributed by atoms with Gasteiger partial charge in [-0.15, -0.1) is 13.2 Å². The predicted molar refractivity (Wildman–Crippen MR) is 144 cm³/mol. The number of methoxy groups -OCH3 is 1. The normalized spacial score (nSPS) is 29.2. The number of anilines is 1. The Balaban J connectivity index is 1.77. The van der Waals surface area contributed by atoms with E-state index in [9.17, 15) is 19.5 Å². The van der Waals surface area contributed by atoms with Crippen LogP contribution < -0.4 is 9.64 Å². The number of likely N-dealkylation sites (tertiary alicyclic amines) is 1. The van der Waals surface area contributed by atoms with Crippen LogP contribution in [-0.4, -0.2) is 89.8 Å². The highest BCUT2D eigenvalue weighted by molar-refractivity contribution is 6.05. The van der Waals surface area contributed by atoms with Crippen LogP contribution in [-0.2, 0) is 19.1 Å². The van der Waals surface area contributed by atoms with Crippen LogP contribution in [0.2, 0.25) is 0 Å². The van der Waals surface area contributed by atoms with E-state index in [-0.39, 0.29) is 37.4 Å². The zero-order valence-corrected chi connectivity index (χ0v) is 22.6. The number of fused-ring (bicyclic) bond motifs is 1. The molecule has 5 atom stereocenters. The summed E-state index contributed by atoms with van der Waals surface area (Å²) in [4.78, 5) is 47.0. The lowest BCUT2D eigenvalue weighted by Crippen LogP contribution is -2.57. The molecule has 0 saturated carbocycles. The first-order valence-corrected chi connectivity index (χ1v) is 13.3. The maximum atomic E-state index is 14.3. The molecule has 1 spiro atoms. The molecule has 9 heteroatoms. The van der Waals surface area contributed by atoms with Crippen LogP contribution in [0.5, 0.6) is 5.75 Å². The number of carbonyl (C=O) groups is 3. The Morgan fingerprint density at radius 2 is 1.87 bits per heavy atom. The second kappa shape index (κ2) is 10.9. The Bertz CT molecular complexity index is 1090. The molecule has 9 nitrogen and oxygen atoms in total. The average Bonchev–Trinajstić information content (AvgIpc) is 3.47. The van der Waals surface area contributed by atoms with Crippen molar-refractivity contribution in [3.63, 3.8) is 0 Å². The molecule has 0 aromatic heterocycles. The first-order chi connectivity index (χ1) is 18.2. The summed E-state index contributed by atoms with van der Waals surface area (Å²) in [5.41, 5.74) is -1.40.